The lowest BCUT2D eigenvalue weighted by Crippen LogP contribution is -2.39. The lowest BCUT2D eigenvalue weighted by atomic mass is 10.2. The van der Waals surface area contributed by atoms with Gasteiger partial charge < -0.3 is 15.4 Å². The Hall–Kier alpha value is -2.67. The van der Waals surface area contributed by atoms with E-state index in [0.717, 1.165) is 26.1 Å². The molecular weight excluding hydrogens is 352 g/mol. The van der Waals surface area contributed by atoms with Crippen molar-refractivity contribution in [3.8, 4) is 5.75 Å². The lowest BCUT2D eigenvalue weighted by molar-refractivity contribution is -0.0498. The molecule has 0 saturated carbocycles. The number of nitrogens with zero attached hydrogens (tertiary/aromatic N) is 1. The molecule has 3 rings (SSSR count). The van der Waals surface area contributed by atoms with Gasteiger partial charge in [0.2, 0.25) is 0 Å². The standard InChI is InChI=1S/C19H21F2N3O2.CH4/c20-18(21)26-17-8-6-15(7-9-17)22-19(25)23-16-10-11-24(13-16)12-14-4-2-1-3-5-14;/h1-9,16,18H,10-13H2,(H2,22,23,25);1H4/t16-;/m0./s1. The summed E-state index contributed by atoms with van der Waals surface area (Å²) in [5.74, 6) is 0.0540. The van der Waals surface area contributed by atoms with E-state index in [0.29, 0.717) is 5.69 Å². The number of rotatable bonds is 6. The molecule has 0 bridgehead atoms. The van der Waals surface area contributed by atoms with Crippen LogP contribution >= 0.6 is 0 Å². The number of amides is 2. The van der Waals surface area contributed by atoms with Crippen LogP contribution in [0, 0.1) is 0 Å². The molecule has 0 unspecified atom stereocenters. The Labute approximate surface area is 158 Å². The van der Waals surface area contributed by atoms with Crippen LogP contribution in [-0.4, -0.2) is 36.7 Å². The van der Waals surface area contributed by atoms with Crippen LogP contribution in [0.4, 0.5) is 19.3 Å². The first-order valence-corrected chi connectivity index (χ1v) is 8.47. The molecule has 1 fully saturated rings. The van der Waals surface area contributed by atoms with Crippen molar-refractivity contribution in [3.63, 3.8) is 0 Å². The van der Waals surface area contributed by atoms with Crippen molar-refractivity contribution in [2.75, 3.05) is 18.4 Å². The highest BCUT2D eigenvalue weighted by Gasteiger charge is 2.23. The largest absolute Gasteiger partial charge is 0.435 e. The second-order valence-corrected chi connectivity index (χ2v) is 6.21. The van der Waals surface area contributed by atoms with Gasteiger partial charge in [-0.05, 0) is 36.2 Å². The van der Waals surface area contributed by atoms with Crippen LogP contribution in [0.1, 0.15) is 19.4 Å². The number of likely N-dealkylation sites (tertiary alicyclic amines) is 1. The van der Waals surface area contributed by atoms with E-state index < -0.39 is 6.61 Å². The van der Waals surface area contributed by atoms with E-state index >= 15 is 0 Å². The van der Waals surface area contributed by atoms with Gasteiger partial charge in [0, 0.05) is 31.4 Å². The van der Waals surface area contributed by atoms with E-state index in [4.69, 9.17) is 0 Å². The lowest BCUT2D eigenvalue weighted by Gasteiger charge is -2.17. The number of alkyl halides is 2. The van der Waals surface area contributed by atoms with E-state index in [-0.39, 0.29) is 25.2 Å². The number of benzene rings is 2. The summed E-state index contributed by atoms with van der Waals surface area (Å²) in [6, 6.07) is 15.8. The third-order valence-electron chi connectivity index (χ3n) is 4.19. The minimum absolute atomic E-state index is 0. The van der Waals surface area contributed by atoms with Crippen molar-refractivity contribution < 1.29 is 18.3 Å². The highest BCUT2D eigenvalue weighted by Crippen LogP contribution is 2.18. The van der Waals surface area contributed by atoms with E-state index in [1.165, 1.54) is 29.8 Å². The first kappa shape index (κ1) is 20.6. The molecular formula is C20H25F2N3O2. The van der Waals surface area contributed by atoms with Crippen LogP contribution in [0.5, 0.6) is 5.75 Å². The third kappa shape index (κ3) is 6.53. The maximum Gasteiger partial charge on any atom is 0.387 e. The van der Waals surface area contributed by atoms with Crippen LogP contribution in [0.25, 0.3) is 0 Å². The minimum atomic E-state index is -2.86. The highest BCUT2D eigenvalue weighted by atomic mass is 19.3. The zero-order chi connectivity index (χ0) is 18.4. The summed E-state index contributed by atoms with van der Waals surface area (Å²) >= 11 is 0. The molecule has 1 saturated heterocycles. The van der Waals surface area contributed by atoms with Crippen molar-refractivity contribution in [3.05, 3.63) is 60.2 Å². The molecule has 0 aliphatic carbocycles. The summed E-state index contributed by atoms with van der Waals surface area (Å²) in [7, 11) is 0. The summed E-state index contributed by atoms with van der Waals surface area (Å²) in [6.07, 6.45) is 0.890. The average molecular weight is 377 g/mol. The summed E-state index contributed by atoms with van der Waals surface area (Å²) in [5.41, 5.74) is 1.77. The molecule has 2 aromatic rings. The molecule has 27 heavy (non-hydrogen) atoms. The number of halogens is 2. The van der Waals surface area contributed by atoms with E-state index in [1.54, 1.807) is 0 Å². The molecule has 1 aliphatic heterocycles. The summed E-state index contributed by atoms with van der Waals surface area (Å²) in [6.45, 7) is -0.270. The summed E-state index contributed by atoms with van der Waals surface area (Å²) in [4.78, 5) is 14.4. The Balaban J connectivity index is 0.00000261. The fourth-order valence-electron chi connectivity index (χ4n) is 3.01. The van der Waals surface area contributed by atoms with Crippen molar-refractivity contribution in [1.82, 2.24) is 10.2 Å². The highest BCUT2D eigenvalue weighted by molar-refractivity contribution is 5.89. The molecule has 2 aromatic carbocycles. The van der Waals surface area contributed by atoms with Gasteiger partial charge in [-0.3, -0.25) is 4.90 Å². The van der Waals surface area contributed by atoms with Crippen molar-refractivity contribution in [2.45, 2.75) is 33.0 Å². The Morgan fingerprint density at radius 1 is 1.15 bits per heavy atom. The maximum atomic E-state index is 12.1. The van der Waals surface area contributed by atoms with Crippen LogP contribution in [0.15, 0.2) is 54.6 Å². The van der Waals surface area contributed by atoms with Crippen molar-refractivity contribution in [2.24, 2.45) is 0 Å². The van der Waals surface area contributed by atoms with Crippen LogP contribution in [-0.2, 0) is 6.54 Å². The molecule has 2 N–H and O–H groups in total. The second kappa shape index (κ2) is 9.87. The number of carbonyl (C=O) groups excluding carboxylic acids is 1. The zero-order valence-corrected chi connectivity index (χ0v) is 14.2. The topological polar surface area (TPSA) is 53.6 Å². The Bertz CT molecular complexity index is 711. The Morgan fingerprint density at radius 2 is 1.85 bits per heavy atom. The quantitative estimate of drug-likeness (QED) is 0.788. The van der Waals surface area contributed by atoms with E-state index in [9.17, 15) is 13.6 Å². The van der Waals surface area contributed by atoms with Crippen LogP contribution in [0.2, 0.25) is 0 Å². The van der Waals surface area contributed by atoms with Crippen molar-refractivity contribution >= 4 is 11.7 Å². The molecule has 2 amide bonds. The first-order chi connectivity index (χ1) is 12.6. The Morgan fingerprint density at radius 3 is 2.52 bits per heavy atom. The number of hydrogen-bond acceptors (Lipinski definition) is 3. The fourth-order valence-corrected chi connectivity index (χ4v) is 3.01. The molecule has 1 atom stereocenters. The van der Waals surface area contributed by atoms with Gasteiger partial charge in [-0.25, -0.2) is 4.79 Å². The summed E-state index contributed by atoms with van der Waals surface area (Å²) in [5, 5.41) is 5.65. The molecule has 1 heterocycles. The molecule has 0 radical (unpaired) electrons. The number of urea groups is 1. The van der Waals surface area contributed by atoms with Crippen LogP contribution in [0.3, 0.4) is 0 Å². The Kier molecular flexibility index (Phi) is 7.55. The average Bonchev–Trinajstić information content (AvgIpc) is 3.04. The smallest absolute Gasteiger partial charge is 0.387 e. The van der Waals surface area contributed by atoms with E-state index in [1.807, 2.05) is 18.2 Å². The van der Waals surface area contributed by atoms with Gasteiger partial charge in [0.15, 0.2) is 0 Å². The van der Waals surface area contributed by atoms with E-state index in [2.05, 4.69) is 32.4 Å². The van der Waals surface area contributed by atoms with Gasteiger partial charge in [-0.2, -0.15) is 8.78 Å². The van der Waals surface area contributed by atoms with Gasteiger partial charge in [0.1, 0.15) is 5.75 Å². The first-order valence-electron chi connectivity index (χ1n) is 8.47. The molecule has 146 valence electrons. The predicted molar refractivity (Wildman–Crippen MR) is 102 cm³/mol. The van der Waals surface area contributed by atoms with Gasteiger partial charge in [-0.15, -0.1) is 0 Å². The maximum absolute atomic E-state index is 12.1. The molecule has 0 spiro atoms. The van der Waals surface area contributed by atoms with Gasteiger partial charge in [0.05, 0.1) is 0 Å². The number of hydrogen-bond donors (Lipinski definition) is 2. The number of nitrogens with one attached hydrogen (secondary N) is 2. The number of ether oxygens (including phenoxy) is 1. The zero-order valence-electron chi connectivity index (χ0n) is 14.2. The second-order valence-electron chi connectivity index (χ2n) is 6.21. The fraction of sp³-hybridized carbons (Fsp3) is 0.350. The molecule has 5 nitrogen and oxygen atoms in total. The van der Waals surface area contributed by atoms with Gasteiger partial charge >= 0.3 is 12.6 Å². The summed E-state index contributed by atoms with van der Waals surface area (Å²) < 4.78 is 28.5. The molecule has 1 aliphatic rings. The molecule has 7 heteroatoms. The number of carbonyl (C=O) groups is 1. The SMILES string of the molecule is C.O=C(Nc1ccc(OC(F)F)cc1)N[C@H]1CCN(Cc2ccccc2)C1. The normalized spacial score (nSPS) is 16.6. The van der Waals surface area contributed by atoms with Crippen molar-refractivity contribution in [1.29, 1.82) is 0 Å². The third-order valence-corrected chi connectivity index (χ3v) is 4.19. The number of anilines is 1. The van der Waals surface area contributed by atoms with Gasteiger partial charge in [-0.1, -0.05) is 37.8 Å². The minimum Gasteiger partial charge on any atom is -0.435 e. The monoisotopic (exact) mass is 377 g/mol. The molecule has 0 aromatic heterocycles. The predicted octanol–water partition coefficient (Wildman–Crippen LogP) is 4.32. The van der Waals surface area contributed by atoms with Crippen LogP contribution < -0.4 is 15.4 Å². The van der Waals surface area contributed by atoms with Gasteiger partial charge in [0.25, 0.3) is 0 Å².